The SMILES string of the molecule is CCC1(OC(C)=O)C(=O)OCc2c1cc1n(c2=O)Cc2cc3cc([N+](=O)[O-])ccc3nc2-1. The largest absolute Gasteiger partial charge is 0.457 e. The van der Waals surface area contributed by atoms with E-state index in [0.29, 0.717) is 27.9 Å². The van der Waals surface area contributed by atoms with Crippen molar-refractivity contribution in [3.8, 4) is 11.4 Å². The Hall–Kier alpha value is -4.08. The number of hydrogen-bond acceptors (Lipinski definition) is 8. The molecule has 0 amide bonds. The van der Waals surface area contributed by atoms with Gasteiger partial charge in [-0.1, -0.05) is 6.92 Å². The van der Waals surface area contributed by atoms with Gasteiger partial charge in [-0.2, -0.15) is 0 Å². The van der Waals surface area contributed by atoms with Gasteiger partial charge in [0.15, 0.2) is 0 Å². The molecule has 10 heteroatoms. The highest BCUT2D eigenvalue weighted by atomic mass is 16.6. The minimum absolute atomic E-state index is 0.0489. The van der Waals surface area contributed by atoms with Gasteiger partial charge in [-0.15, -0.1) is 0 Å². The van der Waals surface area contributed by atoms with Crippen LogP contribution in [0.3, 0.4) is 0 Å². The van der Waals surface area contributed by atoms with E-state index in [0.717, 1.165) is 5.56 Å². The molecule has 0 N–H and O–H groups in total. The Balaban J connectivity index is 1.75. The van der Waals surface area contributed by atoms with Crippen LogP contribution >= 0.6 is 0 Å². The minimum Gasteiger partial charge on any atom is -0.457 e. The molecule has 0 radical (unpaired) electrons. The van der Waals surface area contributed by atoms with Crippen molar-refractivity contribution < 1.29 is 24.0 Å². The van der Waals surface area contributed by atoms with Gasteiger partial charge in [0.05, 0.1) is 33.9 Å². The number of nitro benzene ring substituents is 1. The molecule has 2 aromatic heterocycles. The van der Waals surface area contributed by atoms with Gasteiger partial charge in [-0.3, -0.25) is 19.7 Å². The first-order valence-corrected chi connectivity index (χ1v) is 9.97. The number of cyclic esters (lactones) is 1. The van der Waals surface area contributed by atoms with Crippen LogP contribution in [-0.4, -0.2) is 26.4 Å². The first kappa shape index (κ1) is 19.9. The quantitative estimate of drug-likeness (QED) is 0.273. The smallest absolute Gasteiger partial charge is 0.355 e. The molecular formula is C22H17N3O7. The number of hydrogen-bond donors (Lipinski definition) is 0. The van der Waals surface area contributed by atoms with E-state index in [1.807, 2.05) is 0 Å². The highest BCUT2D eigenvalue weighted by molar-refractivity contribution is 5.88. The van der Waals surface area contributed by atoms with E-state index < -0.39 is 22.5 Å². The second-order valence-electron chi connectivity index (χ2n) is 7.79. The molecule has 0 aliphatic carbocycles. The standard InChI is InChI=1S/C22H17N3O7/c1-3-22(32-11(2)26)16-8-18-19-13(9-24(18)20(27)15(16)10-31-21(22)28)6-12-7-14(25(29)30)4-5-17(12)23-19/h4-8H,3,9-10H2,1-2H3. The molecule has 0 fully saturated rings. The molecule has 0 saturated heterocycles. The third-order valence-corrected chi connectivity index (χ3v) is 5.99. The molecule has 2 aliphatic heterocycles. The topological polar surface area (TPSA) is 131 Å². The number of nitrogens with zero attached hydrogens (tertiary/aromatic N) is 3. The molecule has 2 aliphatic rings. The molecule has 0 saturated carbocycles. The van der Waals surface area contributed by atoms with Gasteiger partial charge in [-0.25, -0.2) is 9.78 Å². The summed E-state index contributed by atoms with van der Waals surface area (Å²) in [6, 6.07) is 7.81. The maximum absolute atomic E-state index is 13.3. The second kappa shape index (κ2) is 6.71. The average Bonchev–Trinajstić information content (AvgIpc) is 3.11. The Kier molecular flexibility index (Phi) is 4.16. The van der Waals surface area contributed by atoms with Gasteiger partial charge >= 0.3 is 11.9 Å². The Labute approximate surface area is 180 Å². The van der Waals surface area contributed by atoms with Crippen molar-refractivity contribution in [1.82, 2.24) is 9.55 Å². The summed E-state index contributed by atoms with van der Waals surface area (Å²) in [5.41, 5.74) is 0.741. The Morgan fingerprint density at radius 1 is 1.31 bits per heavy atom. The number of fused-ring (bicyclic) bond motifs is 5. The number of non-ortho nitro benzene ring substituents is 1. The summed E-state index contributed by atoms with van der Waals surface area (Å²) in [6.45, 7) is 2.88. The van der Waals surface area contributed by atoms with Crippen LogP contribution in [0.25, 0.3) is 22.3 Å². The van der Waals surface area contributed by atoms with Crippen molar-refractivity contribution in [3.05, 3.63) is 67.5 Å². The van der Waals surface area contributed by atoms with E-state index in [4.69, 9.17) is 9.47 Å². The van der Waals surface area contributed by atoms with Crippen LogP contribution in [0.15, 0.2) is 35.1 Å². The summed E-state index contributed by atoms with van der Waals surface area (Å²) in [7, 11) is 0. The Bertz CT molecular complexity index is 1430. The lowest BCUT2D eigenvalue weighted by Crippen LogP contribution is -2.47. The maximum atomic E-state index is 13.3. The number of carbonyl (C=O) groups is 2. The lowest BCUT2D eigenvalue weighted by molar-refractivity contribution is -0.384. The summed E-state index contributed by atoms with van der Waals surface area (Å²) in [5, 5.41) is 11.7. The number of pyridine rings is 2. The van der Waals surface area contributed by atoms with Gasteiger partial charge in [0, 0.05) is 35.6 Å². The molecule has 1 unspecified atom stereocenters. The zero-order valence-corrected chi connectivity index (χ0v) is 17.2. The number of nitro groups is 1. The molecule has 5 rings (SSSR count). The van der Waals surface area contributed by atoms with E-state index in [1.54, 1.807) is 25.1 Å². The van der Waals surface area contributed by atoms with Crippen LogP contribution in [0.5, 0.6) is 0 Å². The molecule has 3 aromatic rings. The number of carbonyl (C=O) groups excluding carboxylic acids is 2. The van der Waals surface area contributed by atoms with Crippen molar-refractivity contribution in [2.75, 3.05) is 0 Å². The minimum atomic E-state index is -1.70. The zero-order valence-electron chi connectivity index (χ0n) is 17.2. The van der Waals surface area contributed by atoms with E-state index in [9.17, 15) is 24.5 Å². The van der Waals surface area contributed by atoms with Gasteiger partial charge in [0.1, 0.15) is 6.61 Å². The van der Waals surface area contributed by atoms with E-state index in [-0.39, 0.29) is 36.4 Å². The fraction of sp³-hybridized carbons (Fsp3) is 0.273. The monoisotopic (exact) mass is 435 g/mol. The average molecular weight is 435 g/mol. The van der Waals surface area contributed by atoms with E-state index >= 15 is 0 Å². The molecule has 0 bridgehead atoms. The highest BCUT2D eigenvalue weighted by Gasteiger charge is 2.50. The predicted octanol–water partition coefficient (Wildman–Crippen LogP) is 2.56. The van der Waals surface area contributed by atoms with Gasteiger partial charge in [-0.05, 0) is 24.6 Å². The molecule has 4 heterocycles. The van der Waals surface area contributed by atoms with Crippen LogP contribution in [-0.2, 0) is 37.8 Å². The number of esters is 2. The van der Waals surface area contributed by atoms with Crippen LogP contribution in [0.1, 0.15) is 37.0 Å². The Morgan fingerprint density at radius 3 is 2.78 bits per heavy atom. The van der Waals surface area contributed by atoms with Crippen LogP contribution < -0.4 is 5.56 Å². The number of ether oxygens (including phenoxy) is 2. The Morgan fingerprint density at radius 2 is 2.09 bits per heavy atom. The molecule has 162 valence electrons. The maximum Gasteiger partial charge on any atom is 0.355 e. The number of rotatable bonds is 3. The lowest BCUT2D eigenvalue weighted by atomic mass is 9.85. The predicted molar refractivity (Wildman–Crippen MR) is 111 cm³/mol. The summed E-state index contributed by atoms with van der Waals surface area (Å²) < 4.78 is 12.2. The fourth-order valence-corrected chi connectivity index (χ4v) is 4.49. The summed E-state index contributed by atoms with van der Waals surface area (Å²) >= 11 is 0. The highest BCUT2D eigenvalue weighted by Crippen LogP contribution is 2.41. The van der Waals surface area contributed by atoms with Gasteiger partial charge < -0.3 is 14.0 Å². The van der Waals surface area contributed by atoms with Crippen molar-refractivity contribution in [1.29, 1.82) is 0 Å². The summed E-state index contributed by atoms with van der Waals surface area (Å²) in [4.78, 5) is 53.1. The van der Waals surface area contributed by atoms with Crippen molar-refractivity contribution in [3.63, 3.8) is 0 Å². The van der Waals surface area contributed by atoms with Crippen molar-refractivity contribution in [2.45, 2.75) is 39.0 Å². The third kappa shape index (κ3) is 2.65. The first-order chi connectivity index (χ1) is 15.2. The van der Waals surface area contributed by atoms with Crippen molar-refractivity contribution in [2.24, 2.45) is 0 Å². The normalized spacial score (nSPS) is 18.5. The van der Waals surface area contributed by atoms with E-state index in [1.165, 1.54) is 23.6 Å². The summed E-state index contributed by atoms with van der Waals surface area (Å²) in [5.74, 6) is -1.38. The third-order valence-electron chi connectivity index (χ3n) is 5.99. The summed E-state index contributed by atoms with van der Waals surface area (Å²) in [6.07, 6.45) is 0.100. The lowest BCUT2D eigenvalue weighted by Gasteiger charge is -2.35. The van der Waals surface area contributed by atoms with Crippen LogP contribution in [0, 0.1) is 10.1 Å². The zero-order chi connectivity index (χ0) is 22.8. The molecule has 1 aromatic carbocycles. The number of benzene rings is 1. The van der Waals surface area contributed by atoms with Gasteiger partial charge in [0.25, 0.3) is 11.2 Å². The first-order valence-electron chi connectivity index (χ1n) is 9.97. The fourth-order valence-electron chi connectivity index (χ4n) is 4.49. The van der Waals surface area contributed by atoms with Gasteiger partial charge in [0.2, 0.25) is 5.60 Å². The molecule has 10 nitrogen and oxygen atoms in total. The second-order valence-corrected chi connectivity index (χ2v) is 7.79. The van der Waals surface area contributed by atoms with Crippen molar-refractivity contribution >= 4 is 28.5 Å². The molecule has 1 atom stereocenters. The van der Waals surface area contributed by atoms with Crippen LogP contribution in [0.4, 0.5) is 5.69 Å². The molecular weight excluding hydrogens is 418 g/mol. The molecule has 0 spiro atoms. The number of aromatic nitrogens is 2. The van der Waals surface area contributed by atoms with Crippen LogP contribution in [0.2, 0.25) is 0 Å². The molecule has 32 heavy (non-hydrogen) atoms. The van der Waals surface area contributed by atoms with E-state index in [2.05, 4.69) is 4.98 Å².